The van der Waals surface area contributed by atoms with Crippen molar-refractivity contribution in [1.29, 1.82) is 0 Å². The summed E-state index contributed by atoms with van der Waals surface area (Å²) in [6, 6.07) is 10.5. The van der Waals surface area contributed by atoms with Crippen LogP contribution in [0, 0.1) is 0 Å². The Labute approximate surface area is 109 Å². The Kier molecular flexibility index (Phi) is 3.63. The van der Waals surface area contributed by atoms with E-state index in [2.05, 4.69) is 15.1 Å². The molecular weight excluding hydrogens is 242 g/mol. The molecule has 1 aromatic carbocycles. The molecule has 96 valence electrons. The van der Waals surface area contributed by atoms with Crippen molar-refractivity contribution >= 4 is 0 Å². The second kappa shape index (κ2) is 5.37. The fraction of sp³-hybridized carbons (Fsp3) is 0.231. The van der Waals surface area contributed by atoms with Crippen molar-refractivity contribution in [2.75, 3.05) is 0 Å². The molecule has 0 aliphatic rings. The summed E-state index contributed by atoms with van der Waals surface area (Å²) in [4.78, 5) is 14.5. The van der Waals surface area contributed by atoms with Gasteiger partial charge in [-0.15, -0.1) is 0 Å². The van der Waals surface area contributed by atoms with E-state index < -0.39 is 6.04 Å². The Balaban J connectivity index is 2.68. The number of hydrogen-bond donors (Lipinski definition) is 0. The van der Waals surface area contributed by atoms with Gasteiger partial charge in [0, 0.05) is 23.6 Å². The lowest BCUT2D eigenvalue weighted by atomic mass is 10.0. The first-order valence-electron chi connectivity index (χ1n) is 5.81. The summed E-state index contributed by atoms with van der Waals surface area (Å²) in [5.74, 6) is 0. The normalized spacial score (nSPS) is 11.7. The molecule has 1 unspecified atom stereocenters. The number of rotatable bonds is 3. The third kappa shape index (κ3) is 2.64. The van der Waals surface area contributed by atoms with Crippen LogP contribution in [0.25, 0.3) is 21.7 Å². The number of azide groups is 1. The summed E-state index contributed by atoms with van der Waals surface area (Å²) in [6.07, 6.45) is 0. The zero-order valence-corrected chi connectivity index (χ0v) is 10.7. The molecule has 0 aliphatic carbocycles. The lowest BCUT2D eigenvalue weighted by molar-refractivity contribution is 0.689. The Morgan fingerprint density at radius 2 is 2.05 bits per heavy atom. The van der Waals surface area contributed by atoms with Crippen molar-refractivity contribution in [3.8, 4) is 11.3 Å². The van der Waals surface area contributed by atoms with Gasteiger partial charge < -0.3 is 0 Å². The van der Waals surface area contributed by atoms with E-state index >= 15 is 0 Å². The van der Waals surface area contributed by atoms with Crippen molar-refractivity contribution in [3.05, 3.63) is 62.8 Å². The van der Waals surface area contributed by atoms with E-state index in [0.717, 1.165) is 5.56 Å². The summed E-state index contributed by atoms with van der Waals surface area (Å²) in [5, 5.41) is 7.91. The number of aryl methyl sites for hydroxylation is 1. The topological polar surface area (TPSA) is 83.7 Å². The molecule has 0 radical (unpaired) electrons. The summed E-state index contributed by atoms with van der Waals surface area (Å²) in [7, 11) is 1.59. The average Bonchev–Trinajstić information content (AvgIpc) is 2.42. The largest absolute Gasteiger partial charge is 0.268 e. The van der Waals surface area contributed by atoms with Crippen LogP contribution in [0.3, 0.4) is 0 Å². The molecule has 1 heterocycles. The Morgan fingerprint density at radius 1 is 1.37 bits per heavy atom. The molecule has 0 N–H and O–H groups in total. The monoisotopic (exact) mass is 255 g/mol. The lowest BCUT2D eigenvalue weighted by Gasteiger charge is -2.12. The quantitative estimate of drug-likeness (QED) is 0.480. The van der Waals surface area contributed by atoms with Crippen LogP contribution in [0.15, 0.2) is 46.3 Å². The van der Waals surface area contributed by atoms with E-state index in [1.54, 1.807) is 14.0 Å². The van der Waals surface area contributed by atoms with Crippen LogP contribution in [-0.4, -0.2) is 9.78 Å². The van der Waals surface area contributed by atoms with Gasteiger partial charge in [0.15, 0.2) is 0 Å². The van der Waals surface area contributed by atoms with Crippen LogP contribution in [-0.2, 0) is 7.05 Å². The molecule has 1 aromatic heterocycles. The van der Waals surface area contributed by atoms with Gasteiger partial charge in [-0.05, 0) is 11.1 Å². The average molecular weight is 255 g/mol. The molecular formula is C13H13N5O. The summed E-state index contributed by atoms with van der Waals surface area (Å²) < 4.78 is 1.27. The number of nitrogens with zero attached hydrogens (tertiary/aromatic N) is 5. The molecule has 2 aromatic rings. The van der Waals surface area contributed by atoms with E-state index in [4.69, 9.17) is 5.53 Å². The van der Waals surface area contributed by atoms with Crippen LogP contribution < -0.4 is 5.56 Å². The summed E-state index contributed by atoms with van der Waals surface area (Å²) in [6.45, 7) is 1.74. The van der Waals surface area contributed by atoms with Crippen molar-refractivity contribution < 1.29 is 0 Å². The minimum absolute atomic E-state index is 0.227. The van der Waals surface area contributed by atoms with Gasteiger partial charge in [0.25, 0.3) is 5.56 Å². The highest BCUT2D eigenvalue weighted by Crippen LogP contribution is 2.26. The summed E-state index contributed by atoms with van der Waals surface area (Å²) >= 11 is 0. The fourth-order valence-corrected chi connectivity index (χ4v) is 1.83. The Morgan fingerprint density at radius 3 is 2.68 bits per heavy atom. The van der Waals surface area contributed by atoms with E-state index in [1.807, 2.05) is 30.3 Å². The molecule has 2 rings (SSSR count). The van der Waals surface area contributed by atoms with Gasteiger partial charge in [-0.25, -0.2) is 4.68 Å². The molecule has 0 aliphatic heterocycles. The molecule has 0 saturated carbocycles. The molecule has 1 atom stereocenters. The zero-order chi connectivity index (χ0) is 13.8. The first kappa shape index (κ1) is 12.9. The third-order valence-electron chi connectivity index (χ3n) is 2.84. The second-order valence-electron chi connectivity index (χ2n) is 4.16. The standard InChI is InChI=1S/C13H13N5O/c1-9(15-17-14)11-8-12(19)18(2)16-13(11)10-6-4-3-5-7-10/h3-9H,1-2H3. The molecule has 0 amide bonds. The maximum atomic E-state index is 11.7. The zero-order valence-electron chi connectivity index (χ0n) is 10.7. The van der Waals surface area contributed by atoms with Gasteiger partial charge >= 0.3 is 0 Å². The number of hydrogen-bond acceptors (Lipinski definition) is 3. The van der Waals surface area contributed by atoms with Crippen molar-refractivity contribution in [2.24, 2.45) is 12.2 Å². The maximum absolute atomic E-state index is 11.7. The number of aromatic nitrogens is 2. The van der Waals surface area contributed by atoms with E-state index in [1.165, 1.54) is 10.7 Å². The Hall–Kier alpha value is -2.59. The van der Waals surface area contributed by atoms with Gasteiger partial charge in [-0.2, -0.15) is 5.10 Å². The molecule has 6 nitrogen and oxygen atoms in total. The van der Waals surface area contributed by atoms with E-state index in [0.29, 0.717) is 11.3 Å². The molecule has 0 saturated heterocycles. The minimum Gasteiger partial charge on any atom is -0.268 e. The minimum atomic E-state index is -0.443. The van der Waals surface area contributed by atoms with E-state index in [9.17, 15) is 4.79 Å². The fourth-order valence-electron chi connectivity index (χ4n) is 1.83. The van der Waals surface area contributed by atoms with Crippen molar-refractivity contribution in [2.45, 2.75) is 13.0 Å². The molecule has 19 heavy (non-hydrogen) atoms. The van der Waals surface area contributed by atoms with Crippen LogP contribution in [0.1, 0.15) is 18.5 Å². The lowest BCUT2D eigenvalue weighted by Crippen LogP contribution is -2.21. The van der Waals surface area contributed by atoms with Gasteiger partial charge in [0.1, 0.15) is 0 Å². The van der Waals surface area contributed by atoms with E-state index in [-0.39, 0.29) is 5.56 Å². The summed E-state index contributed by atoms with van der Waals surface area (Å²) in [5.41, 5.74) is 10.5. The predicted octanol–water partition coefficient (Wildman–Crippen LogP) is 2.82. The highest BCUT2D eigenvalue weighted by atomic mass is 16.1. The van der Waals surface area contributed by atoms with Crippen LogP contribution in [0.2, 0.25) is 0 Å². The highest BCUT2D eigenvalue weighted by Gasteiger charge is 2.14. The highest BCUT2D eigenvalue weighted by molar-refractivity contribution is 5.62. The smallest absolute Gasteiger partial charge is 0.266 e. The maximum Gasteiger partial charge on any atom is 0.266 e. The van der Waals surface area contributed by atoms with Crippen molar-refractivity contribution in [3.63, 3.8) is 0 Å². The van der Waals surface area contributed by atoms with Crippen LogP contribution in [0.4, 0.5) is 0 Å². The van der Waals surface area contributed by atoms with Gasteiger partial charge in [0.2, 0.25) is 0 Å². The Bertz CT molecular complexity index is 686. The SMILES string of the molecule is CC(N=[N+]=[N-])c1cc(=O)n(C)nc1-c1ccccc1. The van der Waals surface area contributed by atoms with Gasteiger partial charge in [-0.1, -0.05) is 42.4 Å². The van der Waals surface area contributed by atoms with Gasteiger partial charge in [0.05, 0.1) is 11.7 Å². The van der Waals surface area contributed by atoms with Crippen molar-refractivity contribution in [1.82, 2.24) is 9.78 Å². The first-order chi connectivity index (χ1) is 9.13. The molecule has 0 fully saturated rings. The van der Waals surface area contributed by atoms with Crippen LogP contribution >= 0.6 is 0 Å². The number of benzene rings is 1. The molecule has 0 bridgehead atoms. The third-order valence-corrected chi connectivity index (χ3v) is 2.84. The molecule has 0 spiro atoms. The molecule has 6 heteroatoms. The predicted molar refractivity (Wildman–Crippen MR) is 72.5 cm³/mol. The van der Waals surface area contributed by atoms with Gasteiger partial charge in [-0.3, -0.25) is 4.79 Å². The first-order valence-corrected chi connectivity index (χ1v) is 5.81. The second-order valence-corrected chi connectivity index (χ2v) is 4.16. The van der Waals surface area contributed by atoms with Crippen LogP contribution in [0.5, 0.6) is 0 Å².